The molecule has 0 saturated carbocycles. The summed E-state index contributed by atoms with van der Waals surface area (Å²) in [5, 5.41) is 7.59. The molecule has 0 fully saturated rings. The van der Waals surface area contributed by atoms with Gasteiger partial charge in [-0.3, -0.25) is 9.59 Å². The molecule has 2 amide bonds. The highest BCUT2D eigenvalue weighted by Gasteiger charge is 2.25. The van der Waals surface area contributed by atoms with E-state index in [1.807, 2.05) is 61.5 Å². The van der Waals surface area contributed by atoms with Crippen LogP contribution < -0.4 is 20.2 Å². The summed E-state index contributed by atoms with van der Waals surface area (Å²) in [6, 6.07) is 20.6. The zero-order chi connectivity index (χ0) is 26.6. The van der Waals surface area contributed by atoms with Crippen LogP contribution in [0.3, 0.4) is 0 Å². The van der Waals surface area contributed by atoms with Gasteiger partial charge < -0.3 is 14.8 Å². The molecule has 0 aliphatic rings. The van der Waals surface area contributed by atoms with E-state index in [9.17, 15) is 9.59 Å². The predicted molar refractivity (Wildman–Crippen MR) is 147 cm³/mol. The minimum Gasteiger partial charge on any atom is -0.493 e. The maximum atomic E-state index is 13.1. The van der Waals surface area contributed by atoms with E-state index >= 15 is 0 Å². The number of hydrogen-bond donors (Lipinski definition) is 2. The van der Waals surface area contributed by atoms with Crippen LogP contribution in [0, 0.1) is 0 Å². The Hall–Kier alpha value is -3.55. The van der Waals surface area contributed by atoms with E-state index in [1.54, 1.807) is 19.1 Å². The Morgan fingerprint density at radius 3 is 2.43 bits per heavy atom. The summed E-state index contributed by atoms with van der Waals surface area (Å²) in [6.45, 7) is 4.17. The normalized spacial score (nSPS) is 12.5. The number of carbonyl (C=O) groups excluding carboxylic acids is 2. The summed E-state index contributed by atoms with van der Waals surface area (Å²) in [7, 11) is 0. The fourth-order valence-electron chi connectivity index (χ4n) is 3.34. The maximum absolute atomic E-state index is 13.1. The van der Waals surface area contributed by atoms with Gasteiger partial charge in [0, 0.05) is 17.0 Å². The second kappa shape index (κ2) is 14.3. The Morgan fingerprint density at radius 2 is 1.70 bits per heavy atom. The van der Waals surface area contributed by atoms with Crippen molar-refractivity contribution in [2.75, 3.05) is 6.61 Å². The molecule has 2 atom stereocenters. The van der Waals surface area contributed by atoms with E-state index in [0.29, 0.717) is 23.1 Å². The molecule has 37 heavy (non-hydrogen) atoms. The molecule has 0 unspecified atom stereocenters. The first kappa shape index (κ1) is 28.0. The SMILES string of the molecule is CCCOc1ccccc1/C=N\NC(=O)[C@H](Cc1ccccc1)NC(=O)[C@@H](C)Oc1ccc(Cl)cc1Cl. The van der Waals surface area contributed by atoms with Crippen molar-refractivity contribution in [3.63, 3.8) is 0 Å². The third-order valence-corrected chi connectivity index (χ3v) is 5.77. The number of hydrazone groups is 1. The van der Waals surface area contributed by atoms with Crippen LogP contribution in [0.2, 0.25) is 10.0 Å². The average Bonchev–Trinajstić information content (AvgIpc) is 2.89. The van der Waals surface area contributed by atoms with Gasteiger partial charge in [-0.25, -0.2) is 5.43 Å². The van der Waals surface area contributed by atoms with Gasteiger partial charge in [-0.05, 0) is 49.2 Å². The highest BCUT2D eigenvalue weighted by molar-refractivity contribution is 6.35. The molecular weight excluding hydrogens is 513 g/mol. The van der Waals surface area contributed by atoms with Gasteiger partial charge in [0.1, 0.15) is 17.5 Å². The standard InChI is InChI=1S/C28H29Cl2N3O4/c1-3-15-36-25-12-8-7-11-21(25)18-31-33-28(35)24(16-20-9-5-4-6-10-20)32-27(34)19(2)37-26-14-13-22(29)17-23(26)30/h4-14,17-19,24H,3,15-16H2,1-2H3,(H,32,34)(H,33,35)/b31-18-/t19-,24+/m1/s1. The summed E-state index contributed by atoms with van der Waals surface area (Å²) in [5.41, 5.74) is 4.13. The van der Waals surface area contributed by atoms with Crippen LogP contribution in [-0.2, 0) is 16.0 Å². The van der Waals surface area contributed by atoms with Crippen LogP contribution in [0.4, 0.5) is 0 Å². The van der Waals surface area contributed by atoms with Crippen molar-refractivity contribution in [1.29, 1.82) is 0 Å². The van der Waals surface area contributed by atoms with Crippen LogP contribution in [0.25, 0.3) is 0 Å². The van der Waals surface area contributed by atoms with Crippen LogP contribution in [-0.4, -0.2) is 36.8 Å². The molecule has 0 aliphatic heterocycles. The number of benzene rings is 3. The molecule has 0 bridgehead atoms. The van der Waals surface area contributed by atoms with Gasteiger partial charge in [-0.2, -0.15) is 5.10 Å². The Balaban J connectivity index is 1.69. The van der Waals surface area contributed by atoms with Gasteiger partial charge in [0.05, 0.1) is 17.8 Å². The minimum atomic E-state index is -0.921. The van der Waals surface area contributed by atoms with Gasteiger partial charge >= 0.3 is 0 Å². The van der Waals surface area contributed by atoms with Crippen LogP contribution in [0.15, 0.2) is 77.9 Å². The Kier molecular flexibility index (Phi) is 10.8. The number of halogens is 2. The zero-order valence-electron chi connectivity index (χ0n) is 20.6. The molecule has 0 aromatic heterocycles. The predicted octanol–water partition coefficient (Wildman–Crippen LogP) is 5.43. The molecule has 0 aliphatic carbocycles. The molecule has 0 radical (unpaired) electrons. The van der Waals surface area contributed by atoms with E-state index in [4.69, 9.17) is 32.7 Å². The number of carbonyl (C=O) groups is 2. The first-order valence-corrected chi connectivity index (χ1v) is 12.6. The van der Waals surface area contributed by atoms with Crippen molar-refractivity contribution in [1.82, 2.24) is 10.7 Å². The molecule has 194 valence electrons. The fraction of sp³-hybridized carbons (Fsp3) is 0.250. The van der Waals surface area contributed by atoms with Crippen molar-refractivity contribution < 1.29 is 19.1 Å². The Labute approximate surface area is 226 Å². The summed E-state index contributed by atoms with van der Waals surface area (Å²) < 4.78 is 11.4. The summed E-state index contributed by atoms with van der Waals surface area (Å²) >= 11 is 12.1. The molecule has 0 spiro atoms. The number of ether oxygens (including phenoxy) is 2. The van der Waals surface area contributed by atoms with Crippen molar-refractivity contribution in [3.8, 4) is 11.5 Å². The fourth-order valence-corrected chi connectivity index (χ4v) is 3.79. The molecule has 0 saturated heterocycles. The molecule has 9 heteroatoms. The summed E-state index contributed by atoms with van der Waals surface area (Å²) in [4.78, 5) is 26.0. The Bertz CT molecular complexity index is 1220. The average molecular weight is 542 g/mol. The van der Waals surface area contributed by atoms with E-state index < -0.39 is 24.0 Å². The Morgan fingerprint density at radius 1 is 0.973 bits per heavy atom. The summed E-state index contributed by atoms with van der Waals surface area (Å²) in [5.74, 6) is 0.0242. The lowest BCUT2D eigenvalue weighted by Gasteiger charge is -2.21. The van der Waals surface area contributed by atoms with E-state index in [0.717, 1.165) is 17.5 Å². The van der Waals surface area contributed by atoms with E-state index in [1.165, 1.54) is 12.3 Å². The third kappa shape index (κ3) is 8.81. The van der Waals surface area contributed by atoms with Crippen molar-refractivity contribution in [2.45, 2.75) is 38.8 Å². The molecule has 3 rings (SSSR count). The number of amides is 2. The first-order chi connectivity index (χ1) is 17.9. The van der Waals surface area contributed by atoms with Crippen molar-refractivity contribution in [3.05, 3.63) is 94.0 Å². The molecule has 3 aromatic rings. The number of nitrogens with one attached hydrogen (secondary N) is 2. The number of para-hydroxylation sites is 1. The smallest absolute Gasteiger partial charge is 0.262 e. The topological polar surface area (TPSA) is 89.0 Å². The lowest BCUT2D eigenvalue weighted by molar-refractivity contribution is -0.132. The van der Waals surface area contributed by atoms with Crippen LogP contribution in [0.1, 0.15) is 31.4 Å². The van der Waals surface area contributed by atoms with Gasteiger partial charge in [0.15, 0.2) is 6.10 Å². The molecule has 7 nitrogen and oxygen atoms in total. The second-order valence-corrected chi connectivity index (χ2v) is 9.05. The molecular formula is C28H29Cl2N3O4. The number of nitrogens with zero attached hydrogens (tertiary/aromatic N) is 1. The number of rotatable bonds is 12. The maximum Gasteiger partial charge on any atom is 0.262 e. The van der Waals surface area contributed by atoms with Gasteiger partial charge in [-0.1, -0.05) is 72.6 Å². The monoisotopic (exact) mass is 541 g/mol. The van der Waals surface area contributed by atoms with Gasteiger partial charge in [0.25, 0.3) is 11.8 Å². The van der Waals surface area contributed by atoms with Gasteiger partial charge in [0.2, 0.25) is 0 Å². The number of hydrogen-bond acceptors (Lipinski definition) is 5. The van der Waals surface area contributed by atoms with Crippen LogP contribution >= 0.6 is 23.2 Å². The zero-order valence-corrected chi connectivity index (χ0v) is 22.1. The molecule has 3 aromatic carbocycles. The molecule has 0 heterocycles. The van der Waals surface area contributed by atoms with Crippen molar-refractivity contribution in [2.24, 2.45) is 5.10 Å². The second-order valence-electron chi connectivity index (χ2n) is 8.21. The lowest BCUT2D eigenvalue weighted by atomic mass is 10.1. The van der Waals surface area contributed by atoms with Gasteiger partial charge in [-0.15, -0.1) is 0 Å². The summed E-state index contributed by atoms with van der Waals surface area (Å²) in [6.07, 6.45) is 1.72. The first-order valence-electron chi connectivity index (χ1n) is 11.9. The third-order valence-electron chi connectivity index (χ3n) is 5.24. The minimum absolute atomic E-state index is 0.262. The quantitative estimate of drug-likeness (QED) is 0.236. The molecule has 2 N–H and O–H groups in total. The van der Waals surface area contributed by atoms with Crippen molar-refractivity contribution >= 4 is 41.2 Å². The highest BCUT2D eigenvalue weighted by Crippen LogP contribution is 2.28. The van der Waals surface area contributed by atoms with E-state index in [-0.39, 0.29) is 11.4 Å². The van der Waals surface area contributed by atoms with Crippen LogP contribution in [0.5, 0.6) is 11.5 Å². The largest absolute Gasteiger partial charge is 0.493 e. The highest BCUT2D eigenvalue weighted by atomic mass is 35.5. The lowest BCUT2D eigenvalue weighted by Crippen LogP contribution is -2.50. The van der Waals surface area contributed by atoms with E-state index in [2.05, 4.69) is 15.8 Å².